The summed E-state index contributed by atoms with van der Waals surface area (Å²) in [6.07, 6.45) is 7.54. The second kappa shape index (κ2) is 6.21. The number of rotatable bonds is 5. The molecule has 0 bridgehead atoms. The van der Waals surface area contributed by atoms with Gasteiger partial charge in [-0.25, -0.2) is 19.2 Å². The lowest BCUT2D eigenvalue weighted by Gasteiger charge is -2.09. The first kappa shape index (κ1) is 16.2. The number of carboxylic acids is 1. The highest BCUT2D eigenvalue weighted by Crippen LogP contribution is 2.34. The third-order valence-electron chi connectivity index (χ3n) is 4.22. The summed E-state index contributed by atoms with van der Waals surface area (Å²) in [5, 5.41) is 16.4. The lowest BCUT2D eigenvalue weighted by molar-refractivity contribution is 0.0692. The van der Waals surface area contributed by atoms with Gasteiger partial charge in [-0.3, -0.25) is 4.68 Å². The molecule has 2 aromatic heterocycles. The van der Waals surface area contributed by atoms with Crippen LogP contribution in [0.1, 0.15) is 34.8 Å². The van der Waals surface area contributed by atoms with E-state index in [1.54, 1.807) is 12.4 Å². The van der Waals surface area contributed by atoms with Gasteiger partial charge in [0, 0.05) is 18.0 Å². The Morgan fingerprint density at radius 1 is 1.35 bits per heavy atom. The number of benzene rings is 1. The summed E-state index contributed by atoms with van der Waals surface area (Å²) in [5.74, 6) is -1.74. The Bertz CT molecular complexity index is 997. The Labute approximate surface area is 148 Å². The van der Waals surface area contributed by atoms with E-state index >= 15 is 0 Å². The van der Waals surface area contributed by atoms with E-state index in [4.69, 9.17) is 5.11 Å². The fourth-order valence-corrected chi connectivity index (χ4v) is 2.70. The minimum atomic E-state index is -1.30. The van der Waals surface area contributed by atoms with E-state index in [0.717, 1.165) is 24.1 Å². The first-order valence-electron chi connectivity index (χ1n) is 8.19. The van der Waals surface area contributed by atoms with Gasteiger partial charge in [-0.15, -0.1) is 0 Å². The van der Waals surface area contributed by atoms with Crippen LogP contribution in [-0.4, -0.2) is 30.8 Å². The average Bonchev–Trinajstić information content (AvgIpc) is 3.36. The number of hydrogen-bond donors (Lipinski definition) is 2. The number of aryl methyl sites for hydroxylation is 1. The fraction of sp³-hybridized carbons (Fsp3) is 0.222. The van der Waals surface area contributed by atoms with Crippen molar-refractivity contribution in [2.75, 3.05) is 5.32 Å². The van der Waals surface area contributed by atoms with E-state index in [2.05, 4.69) is 20.4 Å². The van der Waals surface area contributed by atoms with Crippen LogP contribution in [0.25, 0.3) is 11.3 Å². The zero-order valence-electron chi connectivity index (χ0n) is 14.0. The molecule has 0 amide bonds. The highest BCUT2D eigenvalue weighted by molar-refractivity contribution is 5.88. The van der Waals surface area contributed by atoms with Crippen LogP contribution < -0.4 is 5.32 Å². The third-order valence-corrected chi connectivity index (χ3v) is 4.22. The highest BCUT2D eigenvalue weighted by atomic mass is 19.1. The maximum atomic E-state index is 14.0. The number of aromatic nitrogens is 4. The van der Waals surface area contributed by atoms with Gasteiger partial charge in [0.1, 0.15) is 5.82 Å². The number of carbonyl (C=O) groups is 1. The normalized spacial score (nSPS) is 13.6. The van der Waals surface area contributed by atoms with Gasteiger partial charge in [0.15, 0.2) is 0 Å². The summed E-state index contributed by atoms with van der Waals surface area (Å²) in [4.78, 5) is 19.7. The molecule has 0 radical (unpaired) electrons. The number of nitrogens with one attached hydrogen (secondary N) is 1. The highest BCUT2D eigenvalue weighted by Gasteiger charge is 2.24. The summed E-state index contributed by atoms with van der Waals surface area (Å²) in [7, 11) is 0. The Balaban J connectivity index is 1.63. The van der Waals surface area contributed by atoms with Crippen molar-refractivity contribution in [3.8, 4) is 11.3 Å². The van der Waals surface area contributed by atoms with Gasteiger partial charge in [-0.05, 0) is 37.5 Å². The van der Waals surface area contributed by atoms with Crippen molar-refractivity contribution in [1.82, 2.24) is 19.7 Å². The lowest BCUT2D eigenvalue weighted by atomic mass is 10.1. The Kier molecular flexibility index (Phi) is 3.87. The van der Waals surface area contributed by atoms with Crippen molar-refractivity contribution in [2.45, 2.75) is 25.8 Å². The average molecular weight is 353 g/mol. The van der Waals surface area contributed by atoms with Crippen molar-refractivity contribution >= 4 is 17.6 Å². The van der Waals surface area contributed by atoms with Crippen LogP contribution in [0.4, 0.5) is 16.0 Å². The Morgan fingerprint density at radius 3 is 2.85 bits per heavy atom. The van der Waals surface area contributed by atoms with Crippen LogP contribution in [0.3, 0.4) is 0 Å². The van der Waals surface area contributed by atoms with Crippen molar-refractivity contribution in [3.63, 3.8) is 0 Å². The molecule has 0 aliphatic heterocycles. The number of nitrogens with zero attached hydrogens (tertiary/aromatic N) is 4. The van der Waals surface area contributed by atoms with E-state index in [1.165, 1.54) is 18.2 Å². The fourth-order valence-electron chi connectivity index (χ4n) is 2.70. The molecule has 0 atom stereocenters. The van der Waals surface area contributed by atoms with Gasteiger partial charge >= 0.3 is 5.97 Å². The van der Waals surface area contributed by atoms with Gasteiger partial charge < -0.3 is 10.4 Å². The van der Waals surface area contributed by atoms with Crippen molar-refractivity contribution in [1.29, 1.82) is 0 Å². The molecule has 7 nitrogen and oxygen atoms in total. The lowest BCUT2D eigenvalue weighted by Crippen LogP contribution is -2.02. The van der Waals surface area contributed by atoms with Crippen LogP contribution in [0.15, 0.2) is 36.8 Å². The largest absolute Gasteiger partial charge is 0.478 e. The second-order valence-electron chi connectivity index (χ2n) is 6.29. The van der Waals surface area contributed by atoms with E-state index < -0.39 is 11.8 Å². The summed E-state index contributed by atoms with van der Waals surface area (Å²) < 4.78 is 15.9. The number of anilines is 2. The zero-order valence-corrected chi connectivity index (χ0v) is 14.0. The zero-order chi connectivity index (χ0) is 18.3. The summed E-state index contributed by atoms with van der Waals surface area (Å²) in [6, 6.07) is 4.43. The molecule has 4 rings (SSSR count). The van der Waals surface area contributed by atoms with Gasteiger partial charge in [-0.2, -0.15) is 5.10 Å². The predicted molar refractivity (Wildman–Crippen MR) is 92.9 cm³/mol. The number of carboxylic acid groups (broad SMARTS) is 1. The van der Waals surface area contributed by atoms with Crippen LogP contribution in [0.5, 0.6) is 0 Å². The first-order chi connectivity index (χ1) is 12.5. The summed E-state index contributed by atoms with van der Waals surface area (Å²) in [5.41, 5.74) is 2.19. The van der Waals surface area contributed by atoms with Gasteiger partial charge in [0.25, 0.3) is 0 Å². The summed E-state index contributed by atoms with van der Waals surface area (Å²) in [6.45, 7) is 1.81. The Hall–Kier alpha value is -3.29. The minimum absolute atomic E-state index is 0.365. The quantitative estimate of drug-likeness (QED) is 0.728. The second-order valence-corrected chi connectivity index (χ2v) is 6.29. The molecule has 26 heavy (non-hydrogen) atoms. The molecule has 1 saturated carbocycles. The van der Waals surface area contributed by atoms with Crippen molar-refractivity contribution < 1.29 is 14.3 Å². The van der Waals surface area contributed by atoms with Crippen LogP contribution in [-0.2, 0) is 0 Å². The SMILES string of the molecule is Cc1cnc(Nc2cnn(C3CC3)c2)nc1-c1ccc(C(=O)O)c(F)c1. The molecular weight excluding hydrogens is 337 g/mol. The molecule has 132 valence electrons. The van der Waals surface area contributed by atoms with Crippen LogP contribution >= 0.6 is 0 Å². The molecule has 8 heteroatoms. The number of aromatic carboxylic acids is 1. The Morgan fingerprint density at radius 2 is 2.15 bits per heavy atom. The molecule has 1 aliphatic carbocycles. The monoisotopic (exact) mass is 353 g/mol. The maximum absolute atomic E-state index is 14.0. The molecule has 1 aromatic carbocycles. The van der Waals surface area contributed by atoms with Crippen molar-refractivity contribution in [3.05, 3.63) is 53.7 Å². The molecule has 1 aliphatic rings. The van der Waals surface area contributed by atoms with Gasteiger partial charge in [-0.1, -0.05) is 6.07 Å². The topological polar surface area (TPSA) is 92.9 Å². The van der Waals surface area contributed by atoms with Gasteiger partial charge in [0.2, 0.25) is 5.95 Å². The minimum Gasteiger partial charge on any atom is -0.478 e. The molecular formula is C18H16FN5O2. The molecule has 1 fully saturated rings. The molecule has 0 saturated heterocycles. The van der Waals surface area contributed by atoms with E-state index in [0.29, 0.717) is 23.2 Å². The number of halogens is 1. The van der Waals surface area contributed by atoms with E-state index in [-0.39, 0.29) is 5.56 Å². The molecule has 2 heterocycles. The number of hydrogen-bond acceptors (Lipinski definition) is 5. The van der Waals surface area contributed by atoms with Crippen LogP contribution in [0.2, 0.25) is 0 Å². The molecule has 0 spiro atoms. The predicted octanol–water partition coefficient (Wildman–Crippen LogP) is 3.56. The molecule has 2 N–H and O–H groups in total. The van der Waals surface area contributed by atoms with E-state index in [1.807, 2.05) is 17.8 Å². The molecule has 0 unspecified atom stereocenters. The third kappa shape index (κ3) is 3.13. The van der Waals surface area contributed by atoms with Gasteiger partial charge in [0.05, 0.1) is 29.2 Å². The molecule has 3 aromatic rings. The smallest absolute Gasteiger partial charge is 0.338 e. The van der Waals surface area contributed by atoms with E-state index in [9.17, 15) is 9.18 Å². The standard InChI is InChI=1S/C18H16FN5O2/c1-10-7-20-18(22-12-8-21-24(9-12)13-3-4-13)23-16(10)11-2-5-14(17(25)26)15(19)6-11/h2,5-9,13H,3-4H2,1H3,(H,25,26)(H,20,22,23). The maximum Gasteiger partial charge on any atom is 0.338 e. The van der Waals surface area contributed by atoms with Crippen molar-refractivity contribution in [2.24, 2.45) is 0 Å². The summed E-state index contributed by atoms with van der Waals surface area (Å²) >= 11 is 0. The van der Waals surface area contributed by atoms with Crippen LogP contribution in [0, 0.1) is 12.7 Å². The first-order valence-corrected chi connectivity index (χ1v) is 8.19.